The zero-order valence-electron chi connectivity index (χ0n) is 12.4. The minimum absolute atomic E-state index is 0.123. The minimum Gasteiger partial charge on any atom is -0.269 e. The SMILES string of the molecule is O=c1c2c(nc3c(Cl)cc(Cl)cn13)/C(=C\c1ccccc1Cl)CC2. The highest BCUT2D eigenvalue weighted by Gasteiger charge is 2.23. The maximum atomic E-state index is 12.7. The molecule has 0 spiro atoms. The molecule has 2 heterocycles. The fourth-order valence-electron chi connectivity index (χ4n) is 2.99. The van der Waals surface area contributed by atoms with E-state index in [4.69, 9.17) is 34.8 Å². The number of aromatic nitrogens is 2. The molecule has 24 heavy (non-hydrogen) atoms. The summed E-state index contributed by atoms with van der Waals surface area (Å²) in [5, 5.41) is 1.42. The molecule has 0 radical (unpaired) electrons. The lowest BCUT2D eigenvalue weighted by molar-refractivity contribution is 0.971. The first-order chi connectivity index (χ1) is 11.5. The first-order valence-corrected chi connectivity index (χ1v) is 8.54. The van der Waals surface area contributed by atoms with Gasteiger partial charge in [0, 0.05) is 16.8 Å². The summed E-state index contributed by atoms with van der Waals surface area (Å²) in [4.78, 5) is 17.4. The van der Waals surface area contributed by atoms with Gasteiger partial charge in [-0.05, 0) is 42.2 Å². The summed E-state index contributed by atoms with van der Waals surface area (Å²) in [5.74, 6) is 0. The van der Waals surface area contributed by atoms with Crippen molar-refractivity contribution < 1.29 is 0 Å². The van der Waals surface area contributed by atoms with E-state index in [1.165, 1.54) is 4.40 Å². The van der Waals surface area contributed by atoms with Gasteiger partial charge in [-0.1, -0.05) is 53.0 Å². The van der Waals surface area contributed by atoms with Gasteiger partial charge in [0.1, 0.15) is 0 Å². The summed E-state index contributed by atoms with van der Waals surface area (Å²) in [6, 6.07) is 9.17. The molecule has 0 amide bonds. The van der Waals surface area contributed by atoms with Crippen LogP contribution in [0.15, 0.2) is 41.3 Å². The van der Waals surface area contributed by atoms with Crippen molar-refractivity contribution in [3.8, 4) is 0 Å². The van der Waals surface area contributed by atoms with Gasteiger partial charge in [0.2, 0.25) is 0 Å². The van der Waals surface area contributed by atoms with Crippen LogP contribution in [0.5, 0.6) is 0 Å². The first kappa shape index (κ1) is 15.7. The number of allylic oxidation sites excluding steroid dienone is 1. The Balaban J connectivity index is 1.96. The van der Waals surface area contributed by atoms with Gasteiger partial charge in [-0.3, -0.25) is 9.20 Å². The number of rotatable bonds is 1. The van der Waals surface area contributed by atoms with Crippen molar-refractivity contribution in [2.24, 2.45) is 0 Å². The van der Waals surface area contributed by atoms with Crippen molar-refractivity contribution in [3.63, 3.8) is 0 Å². The van der Waals surface area contributed by atoms with Crippen molar-refractivity contribution in [2.45, 2.75) is 12.8 Å². The van der Waals surface area contributed by atoms with E-state index in [0.717, 1.165) is 17.6 Å². The Kier molecular flexibility index (Phi) is 3.87. The predicted octanol–water partition coefficient (Wildman–Crippen LogP) is 5.14. The van der Waals surface area contributed by atoms with E-state index >= 15 is 0 Å². The molecular formula is C18H11Cl3N2O. The van der Waals surface area contributed by atoms with Crippen molar-refractivity contribution in [2.75, 3.05) is 0 Å². The molecule has 0 unspecified atom stereocenters. The molecule has 1 aliphatic carbocycles. The summed E-state index contributed by atoms with van der Waals surface area (Å²) >= 11 is 18.5. The molecule has 0 atom stereocenters. The van der Waals surface area contributed by atoms with Gasteiger partial charge in [-0.2, -0.15) is 0 Å². The van der Waals surface area contributed by atoms with Gasteiger partial charge in [-0.25, -0.2) is 4.98 Å². The van der Waals surface area contributed by atoms with Crippen LogP contribution in [0.4, 0.5) is 0 Å². The Hall–Kier alpha value is -1.81. The van der Waals surface area contributed by atoms with Crippen LogP contribution in [0.1, 0.15) is 23.2 Å². The molecule has 0 saturated heterocycles. The lowest BCUT2D eigenvalue weighted by Gasteiger charge is -2.07. The number of pyridine rings is 1. The van der Waals surface area contributed by atoms with Crippen molar-refractivity contribution in [1.82, 2.24) is 9.38 Å². The molecule has 3 aromatic rings. The summed E-state index contributed by atoms with van der Waals surface area (Å²) in [5.41, 5.74) is 3.57. The van der Waals surface area contributed by atoms with Crippen LogP contribution in [-0.4, -0.2) is 9.38 Å². The molecular weight excluding hydrogens is 367 g/mol. The monoisotopic (exact) mass is 376 g/mol. The van der Waals surface area contributed by atoms with E-state index in [9.17, 15) is 4.79 Å². The van der Waals surface area contributed by atoms with Crippen LogP contribution in [-0.2, 0) is 6.42 Å². The third kappa shape index (κ3) is 2.53. The van der Waals surface area contributed by atoms with Gasteiger partial charge < -0.3 is 0 Å². The average molecular weight is 378 g/mol. The van der Waals surface area contributed by atoms with Gasteiger partial charge in [0.25, 0.3) is 5.56 Å². The molecule has 1 aliphatic rings. The lowest BCUT2D eigenvalue weighted by Crippen LogP contribution is -2.20. The highest BCUT2D eigenvalue weighted by atomic mass is 35.5. The standard InChI is InChI=1S/C18H11Cl3N2O/c19-12-8-15(21)17-22-16-11(7-10-3-1-2-4-14(10)20)5-6-13(16)18(24)23(17)9-12/h1-4,7-9H,5-6H2/b11-7-. The van der Waals surface area contributed by atoms with Crippen LogP contribution in [0.3, 0.4) is 0 Å². The molecule has 2 aromatic heterocycles. The van der Waals surface area contributed by atoms with Gasteiger partial charge in [0.15, 0.2) is 5.65 Å². The molecule has 6 heteroatoms. The lowest BCUT2D eigenvalue weighted by atomic mass is 10.1. The fourth-order valence-corrected chi connectivity index (χ4v) is 3.70. The van der Waals surface area contributed by atoms with E-state index in [1.807, 2.05) is 30.3 Å². The molecule has 0 aliphatic heterocycles. The Bertz CT molecular complexity index is 1070. The van der Waals surface area contributed by atoms with Gasteiger partial charge >= 0.3 is 0 Å². The zero-order valence-corrected chi connectivity index (χ0v) is 14.7. The molecule has 0 N–H and O–H groups in total. The Morgan fingerprint density at radius 2 is 1.88 bits per heavy atom. The smallest absolute Gasteiger partial charge is 0.261 e. The van der Waals surface area contributed by atoms with E-state index in [1.54, 1.807) is 12.3 Å². The number of halogens is 3. The fraction of sp³-hybridized carbons (Fsp3) is 0.111. The Morgan fingerprint density at radius 3 is 2.67 bits per heavy atom. The van der Waals surface area contributed by atoms with Crippen molar-refractivity contribution in [1.29, 1.82) is 0 Å². The first-order valence-electron chi connectivity index (χ1n) is 7.40. The molecule has 120 valence electrons. The topological polar surface area (TPSA) is 34.4 Å². The van der Waals surface area contributed by atoms with Crippen LogP contribution in [0.25, 0.3) is 17.3 Å². The maximum absolute atomic E-state index is 12.7. The summed E-state index contributed by atoms with van der Waals surface area (Å²) in [6.07, 6.45) is 4.92. The molecule has 4 rings (SSSR count). The summed E-state index contributed by atoms with van der Waals surface area (Å²) in [7, 11) is 0. The largest absolute Gasteiger partial charge is 0.269 e. The quantitative estimate of drug-likeness (QED) is 0.588. The number of benzene rings is 1. The van der Waals surface area contributed by atoms with Crippen LogP contribution in [0.2, 0.25) is 15.1 Å². The molecule has 0 saturated carbocycles. The number of hydrogen-bond donors (Lipinski definition) is 0. The molecule has 0 bridgehead atoms. The van der Waals surface area contributed by atoms with Crippen molar-refractivity contribution >= 4 is 52.1 Å². The van der Waals surface area contributed by atoms with Gasteiger partial charge in [0.05, 0.1) is 15.7 Å². The second kappa shape index (κ2) is 5.92. The van der Waals surface area contributed by atoms with Gasteiger partial charge in [-0.15, -0.1) is 0 Å². The second-order valence-electron chi connectivity index (χ2n) is 5.64. The van der Waals surface area contributed by atoms with Crippen LogP contribution < -0.4 is 5.56 Å². The molecule has 3 nitrogen and oxygen atoms in total. The second-order valence-corrected chi connectivity index (χ2v) is 6.89. The summed E-state index contributed by atoms with van der Waals surface area (Å²) in [6.45, 7) is 0. The van der Waals surface area contributed by atoms with Crippen molar-refractivity contribution in [3.05, 3.63) is 78.8 Å². The number of fused-ring (bicyclic) bond motifs is 2. The van der Waals surface area contributed by atoms with E-state index < -0.39 is 0 Å². The minimum atomic E-state index is -0.123. The Labute approximate surface area is 153 Å². The Morgan fingerprint density at radius 1 is 1.08 bits per heavy atom. The number of hydrogen-bond acceptors (Lipinski definition) is 2. The molecule has 1 aromatic carbocycles. The third-order valence-electron chi connectivity index (χ3n) is 4.12. The zero-order chi connectivity index (χ0) is 16.8. The van der Waals surface area contributed by atoms with Crippen LogP contribution in [0, 0.1) is 0 Å². The molecule has 0 fully saturated rings. The third-order valence-corrected chi connectivity index (χ3v) is 4.95. The van der Waals surface area contributed by atoms with Crippen LogP contribution >= 0.6 is 34.8 Å². The van der Waals surface area contributed by atoms with E-state index in [2.05, 4.69) is 4.98 Å². The highest BCUT2D eigenvalue weighted by Crippen LogP contribution is 2.33. The normalized spacial score (nSPS) is 15.2. The summed E-state index contributed by atoms with van der Waals surface area (Å²) < 4.78 is 1.42. The predicted molar refractivity (Wildman–Crippen MR) is 99.1 cm³/mol. The number of nitrogens with zero attached hydrogens (tertiary/aromatic N) is 2. The highest BCUT2D eigenvalue weighted by molar-refractivity contribution is 6.36. The average Bonchev–Trinajstić information content (AvgIpc) is 2.94. The van der Waals surface area contributed by atoms with E-state index in [0.29, 0.717) is 38.4 Å². The maximum Gasteiger partial charge on any atom is 0.261 e. The van der Waals surface area contributed by atoms with E-state index in [-0.39, 0.29) is 5.56 Å².